The van der Waals surface area contributed by atoms with Crippen LogP contribution in [-0.4, -0.2) is 11.5 Å². The summed E-state index contributed by atoms with van der Waals surface area (Å²) < 4.78 is 1.85. The van der Waals surface area contributed by atoms with Gasteiger partial charge in [0.1, 0.15) is 0 Å². The Kier molecular flexibility index (Phi) is 5.82. The summed E-state index contributed by atoms with van der Waals surface area (Å²) in [6.07, 6.45) is 3.88. The maximum absolute atomic E-state index is 5.99. The topological polar surface area (TPSA) is 24.9 Å². The van der Waals surface area contributed by atoms with Crippen LogP contribution in [0.2, 0.25) is 4.34 Å². The van der Waals surface area contributed by atoms with Crippen molar-refractivity contribution in [3.63, 3.8) is 0 Å². The lowest BCUT2D eigenvalue weighted by atomic mass is 10.1. The van der Waals surface area contributed by atoms with Crippen LogP contribution in [-0.2, 0) is 6.42 Å². The molecule has 2 nitrogen and oxygen atoms in total. The predicted octanol–water partition coefficient (Wildman–Crippen LogP) is 4.84. The van der Waals surface area contributed by atoms with Crippen LogP contribution in [0.3, 0.4) is 0 Å². The van der Waals surface area contributed by atoms with Crippen molar-refractivity contribution in [2.75, 3.05) is 6.54 Å². The predicted molar refractivity (Wildman–Crippen MR) is 86.0 cm³/mol. The van der Waals surface area contributed by atoms with Gasteiger partial charge in [-0.1, -0.05) is 18.5 Å². The quantitative estimate of drug-likeness (QED) is 0.798. The van der Waals surface area contributed by atoms with Crippen molar-refractivity contribution in [2.24, 2.45) is 0 Å². The standard InChI is InChI=1S/C14H16BrClN2S/c1-2-7-17-13(8-11-4-6-14(16)19-11)12-5-3-10(15)9-18-12/h3-6,9,13,17H,2,7-8H2,1H3. The van der Waals surface area contributed by atoms with E-state index in [1.54, 1.807) is 11.3 Å². The molecule has 1 unspecified atom stereocenters. The lowest BCUT2D eigenvalue weighted by Crippen LogP contribution is -2.24. The number of thiophene rings is 1. The Morgan fingerprint density at radius 1 is 1.37 bits per heavy atom. The smallest absolute Gasteiger partial charge is 0.0931 e. The third-order valence-electron chi connectivity index (χ3n) is 2.78. The Morgan fingerprint density at radius 3 is 2.79 bits per heavy atom. The maximum Gasteiger partial charge on any atom is 0.0931 e. The molecule has 2 heterocycles. The van der Waals surface area contributed by atoms with Gasteiger partial charge >= 0.3 is 0 Å². The monoisotopic (exact) mass is 358 g/mol. The molecule has 0 aliphatic heterocycles. The molecule has 0 aliphatic rings. The summed E-state index contributed by atoms with van der Waals surface area (Å²) >= 11 is 11.0. The van der Waals surface area contributed by atoms with E-state index >= 15 is 0 Å². The number of aromatic nitrogens is 1. The average molecular weight is 360 g/mol. The molecule has 1 N–H and O–H groups in total. The molecule has 0 saturated heterocycles. The molecule has 1 atom stereocenters. The fraction of sp³-hybridized carbons (Fsp3) is 0.357. The van der Waals surface area contributed by atoms with Crippen LogP contribution in [0, 0.1) is 0 Å². The van der Waals surface area contributed by atoms with Gasteiger partial charge in [-0.15, -0.1) is 11.3 Å². The second-order valence-corrected chi connectivity index (χ2v) is 7.03. The van der Waals surface area contributed by atoms with Crippen LogP contribution in [0.5, 0.6) is 0 Å². The van der Waals surface area contributed by atoms with Crippen molar-refractivity contribution in [1.82, 2.24) is 10.3 Å². The zero-order chi connectivity index (χ0) is 13.7. The molecule has 0 radical (unpaired) electrons. The number of rotatable bonds is 6. The van der Waals surface area contributed by atoms with Gasteiger partial charge in [0.25, 0.3) is 0 Å². The Bertz CT molecular complexity index is 512. The third kappa shape index (κ3) is 4.56. The summed E-state index contributed by atoms with van der Waals surface area (Å²) in [4.78, 5) is 5.78. The lowest BCUT2D eigenvalue weighted by molar-refractivity contribution is 0.520. The van der Waals surface area contributed by atoms with Crippen LogP contribution in [0.25, 0.3) is 0 Å². The van der Waals surface area contributed by atoms with Crippen LogP contribution < -0.4 is 5.32 Å². The van der Waals surface area contributed by atoms with Crippen LogP contribution >= 0.6 is 38.9 Å². The molecule has 19 heavy (non-hydrogen) atoms. The van der Waals surface area contributed by atoms with E-state index < -0.39 is 0 Å². The molecule has 2 rings (SSSR count). The van der Waals surface area contributed by atoms with Crippen molar-refractivity contribution in [1.29, 1.82) is 0 Å². The van der Waals surface area contributed by atoms with Crippen LogP contribution in [0.15, 0.2) is 34.9 Å². The van der Waals surface area contributed by atoms with Crippen molar-refractivity contribution >= 4 is 38.9 Å². The Balaban J connectivity index is 2.13. The van der Waals surface area contributed by atoms with Gasteiger partial charge in [-0.05, 0) is 53.2 Å². The normalized spacial score (nSPS) is 12.6. The third-order valence-corrected chi connectivity index (χ3v) is 4.50. The number of hydrogen-bond acceptors (Lipinski definition) is 3. The maximum atomic E-state index is 5.99. The molecule has 5 heteroatoms. The van der Waals surface area contributed by atoms with E-state index in [1.807, 2.05) is 18.3 Å². The summed E-state index contributed by atoms with van der Waals surface area (Å²) in [5, 5.41) is 3.55. The zero-order valence-electron chi connectivity index (χ0n) is 10.7. The van der Waals surface area contributed by atoms with E-state index in [0.717, 1.165) is 33.9 Å². The number of hydrogen-bond donors (Lipinski definition) is 1. The van der Waals surface area contributed by atoms with E-state index in [4.69, 9.17) is 11.6 Å². The molecule has 2 aromatic rings. The van der Waals surface area contributed by atoms with Gasteiger partial charge in [-0.2, -0.15) is 0 Å². The van der Waals surface area contributed by atoms with Gasteiger partial charge < -0.3 is 5.32 Å². The highest BCUT2D eigenvalue weighted by Crippen LogP contribution is 2.26. The van der Waals surface area contributed by atoms with Crippen molar-refractivity contribution < 1.29 is 0 Å². The summed E-state index contributed by atoms with van der Waals surface area (Å²) in [7, 11) is 0. The molecule has 0 fully saturated rings. The van der Waals surface area contributed by atoms with Crippen molar-refractivity contribution in [3.05, 3.63) is 49.8 Å². The van der Waals surface area contributed by atoms with Crippen molar-refractivity contribution in [3.8, 4) is 0 Å². The SMILES string of the molecule is CCCNC(Cc1ccc(Cl)s1)c1ccc(Br)cn1. The highest BCUT2D eigenvalue weighted by Gasteiger charge is 2.14. The van der Waals surface area contributed by atoms with Gasteiger partial charge in [-0.3, -0.25) is 4.98 Å². The molecule has 0 aliphatic carbocycles. The molecule has 0 saturated carbocycles. The largest absolute Gasteiger partial charge is 0.308 e. The first kappa shape index (κ1) is 15.0. The molecule has 2 aromatic heterocycles. The highest BCUT2D eigenvalue weighted by atomic mass is 79.9. The highest BCUT2D eigenvalue weighted by molar-refractivity contribution is 9.10. The summed E-state index contributed by atoms with van der Waals surface area (Å²) in [5.74, 6) is 0. The Hall–Kier alpha value is -0.420. The minimum Gasteiger partial charge on any atom is -0.308 e. The number of nitrogens with one attached hydrogen (secondary N) is 1. The minimum atomic E-state index is 0.239. The van der Waals surface area contributed by atoms with Crippen LogP contribution in [0.1, 0.15) is 30.0 Å². The second kappa shape index (κ2) is 7.39. The van der Waals surface area contributed by atoms with Gasteiger partial charge in [0.2, 0.25) is 0 Å². The van der Waals surface area contributed by atoms with E-state index in [1.165, 1.54) is 4.88 Å². The van der Waals surface area contributed by atoms with E-state index in [-0.39, 0.29) is 6.04 Å². The summed E-state index contributed by atoms with van der Waals surface area (Å²) in [6, 6.07) is 8.37. The first-order valence-electron chi connectivity index (χ1n) is 6.28. The lowest BCUT2D eigenvalue weighted by Gasteiger charge is -2.17. The fourth-order valence-electron chi connectivity index (χ4n) is 1.86. The summed E-state index contributed by atoms with van der Waals surface area (Å²) in [6.45, 7) is 3.16. The van der Waals surface area contributed by atoms with Gasteiger partial charge in [-0.25, -0.2) is 0 Å². The first-order chi connectivity index (χ1) is 9.19. The fourth-order valence-corrected chi connectivity index (χ4v) is 3.22. The molecule has 102 valence electrons. The Labute approximate surface area is 131 Å². The molecule has 0 amide bonds. The number of halogens is 2. The zero-order valence-corrected chi connectivity index (χ0v) is 13.9. The molecule has 0 spiro atoms. The summed E-state index contributed by atoms with van der Waals surface area (Å²) in [5.41, 5.74) is 1.07. The van der Waals surface area contributed by atoms with Gasteiger partial charge in [0.05, 0.1) is 16.1 Å². The van der Waals surface area contributed by atoms with Crippen molar-refractivity contribution in [2.45, 2.75) is 25.8 Å². The molecule has 0 bridgehead atoms. The van der Waals surface area contributed by atoms with E-state index in [0.29, 0.717) is 0 Å². The molecule has 0 aromatic carbocycles. The first-order valence-corrected chi connectivity index (χ1v) is 8.27. The number of nitrogens with zero attached hydrogens (tertiary/aromatic N) is 1. The molecular formula is C14H16BrClN2S. The minimum absolute atomic E-state index is 0.239. The second-order valence-electron chi connectivity index (χ2n) is 4.32. The average Bonchev–Trinajstić information content (AvgIpc) is 2.81. The van der Waals surface area contributed by atoms with Gasteiger partial charge in [0, 0.05) is 22.0 Å². The number of pyridine rings is 1. The Morgan fingerprint density at radius 2 is 2.21 bits per heavy atom. The van der Waals surface area contributed by atoms with E-state index in [2.05, 4.69) is 45.3 Å². The molecular weight excluding hydrogens is 344 g/mol. The van der Waals surface area contributed by atoms with E-state index in [9.17, 15) is 0 Å². The van der Waals surface area contributed by atoms with Crippen LogP contribution in [0.4, 0.5) is 0 Å². The van der Waals surface area contributed by atoms with Gasteiger partial charge in [0.15, 0.2) is 0 Å².